The second kappa shape index (κ2) is 4.22. The van der Waals surface area contributed by atoms with Crippen molar-refractivity contribution in [1.29, 1.82) is 0 Å². The summed E-state index contributed by atoms with van der Waals surface area (Å²) in [7, 11) is 0. The molecule has 5 heteroatoms. The lowest BCUT2D eigenvalue weighted by Gasteiger charge is -2.15. The lowest BCUT2D eigenvalue weighted by atomic mass is 9.96. The standard InChI is InChI=1S/C11H11NO4/c13-10-9(16-11(14)15)8(6-12-10)7-4-2-1-3-5-7/h1-5,8-9H,6H2,(H,12,13)(H,14,15)/t8-,9-/m0/s1. The SMILES string of the molecule is O=C(O)O[C@@H]1C(=O)NC[C@H]1c1ccccc1. The van der Waals surface area contributed by atoms with Gasteiger partial charge in [0, 0.05) is 12.5 Å². The quantitative estimate of drug-likeness (QED) is 0.729. The second-order valence-electron chi connectivity index (χ2n) is 3.57. The fourth-order valence-electron chi connectivity index (χ4n) is 1.84. The third-order valence-electron chi connectivity index (χ3n) is 2.58. The summed E-state index contributed by atoms with van der Waals surface area (Å²) in [5.41, 5.74) is 0.895. The van der Waals surface area contributed by atoms with Gasteiger partial charge in [-0.3, -0.25) is 4.79 Å². The molecule has 2 atom stereocenters. The Morgan fingerprint density at radius 3 is 2.69 bits per heavy atom. The molecule has 0 spiro atoms. The number of hydrogen-bond acceptors (Lipinski definition) is 3. The van der Waals surface area contributed by atoms with Crippen LogP contribution in [0.5, 0.6) is 0 Å². The molecule has 5 nitrogen and oxygen atoms in total. The van der Waals surface area contributed by atoms with Crippen LogP contribution in [-0.2, 0) is 9.53 Å². The number of amides is 1. The van der Waals surface area contributed by atoms with E-state index in [0.717, 1.165) is 5.56 Å². The summed E-state index contributed by atoms with van der Waals surface area (Å²) in [5, 5.41) is 11.2. The van der Waals surface area contributed by atoms with Crippen LogP contribution in [-0.4, -0.2) is 29.8 Å². The summed E-state index contributed by atoms with van der Waals surface area (Å²) in [6.07, 6.45) is -2.37. The van der Waals surface area contributed by atoms with Gasteiger partial charge < -0.3 is 15.2 Å². The van der Waals surface area contributed by atoms with Gasteiger partial charge in [-0.15, -0.1) is 0 Å². The van der Waals surface area contributed by atoms with Gasteiger partial charge in [0.05, 0.1) is 0 Å². The van der Waals surface area contributed by atoms with Crippen molar-refractivity contribution in [3.8, 4) is 0 Å². The normalized spacial score (nSPS) is 23.9. The molecule has 16 heavy (non-hydrogen) atoms. The topological polar surface area (TPSA) is 75.6 Å². The van der Waals surface area contributed by atoms with Gasteiger partial charge in [-0.05, 0) is 5.56 Å². The Balaban J connectivity index is 2.21. The number of carbonyl (C=O) groups excluding carboxylic acids is 1. The van der Waals surface area contributed by atoms with Crippen molar-refractivity contribution >= 4 is 12.1 Å². The number of ether oxygens (including phenoxy) is 1. The number of hydrogen-bond donors (Lipinski definition) is 2. The molecule has 0 saturated carbocycles. The molecule has 0 unspecified atom stereocenters. The van der Waals surface area contributed by atoms with Crippen LogP contribution < -0.4 is 5.32 Å². The minimum absolute atomic E-state index is 0.246. The molecule has 1 heterocycles. The molecule has 1 amide bonds. The molecular weight excluding hydrogens is 210 g/mol. The Morgan fingerprint density at radius 1 is 1.38 bits per heavy atom. The van der Waals surface area contributed by atoms with E-state index < -0.39 is 12.3 Å². The molecule has 0 bridgehead atoms. The predicted octanol–water partition coefficient (Wildman–Crippen LogP) is 0.963. The molecule has 1 aromatic rings. The van der Waals surface area contributed by atoms with E-state index >= 15 is 0 Å². The summed E-state index contributed by atoms with van der Waals surface area (Å²) in [6.45, 7) is 0.404. The highest BCUT2D eigenvalue weighted by atomic mass is 16.7. The van der Waals surface area contributed by atoms with Crippen molar-refractivity contribution in [2.45, 2.75) is 12.0 Å². The molecule has 1 aliphatic heterocycles. The monoisotopic (exact) mass is 221 g/mol. The predicted molar refractivity (Wildman–Crippen MR) is 55.1 cm³/mol. The molecule has 0 aliphatic carbocycles. The first-order chi connectivity index (χ1) is 7.68. The van der Waals surface area contributed by atoms with E-state index in [9.17, 15) is 9.59 Å². The molecule has 0 aromatic heterocycles. The highest BCUT2D eigenvalue weighted by Crippen LogP contribution is 2.25. The summed E-state index contributed by atoms with van der Waals surface area (Å²) in [4.78, 5) is 21.9. The Hall–Kier alpha value is -2.04. The maximum atomic E-state index is 11.4. The molecule has 1 aliphatic rings. The van der Waals surface area contributed by atoms with Gasteiger partial charge in [0.25, 0.3) is 5.91 Å². The third-order valence-corrected chi connectivity index (χ3v) is 2.58. The van der Waals surface area contributed by atoms with Crippen LogP contribution in [0.1, 0.15) is 11.5 Å². The van der Waals surface area contributed by atoms with Gasteiger partial charge in [-0.25, -0.2) is 4.79 Å². The van der Waals surface area contributed by atoms with E-state index in [2.05, 4.69) is 10.1 Å². The van der Waals surface area contributed by atoms with Crippen LogP contribution in [0.3, 0.4) is 0 Å². The highest BCUT2D eigenvalue weighted by Gasteiger charge is 2.38. The van der Waals surface area contributed by atoms with E-state index in [1.54, 1.807) is 0 Å². The largest absolute Gasteiger partial charge is 0.506 e. The van der Waals surface area contributed by atoms with Crippen LogP contribution in [0.4, 0.5) is 4.79 Å². The van der Waals surface area contributed by atoms with Gasteiger partial charge in [-0.2, -0.15) is 0 Å². The fourth-order valence-corrected chi connectivity index (χ4v) is 1.84. The Morgan fingerprint density at radius 2 is 2.06 bits per heavy atom. The number of nitrogens with one attached hydrogen (secondary N) is 1. The maximum absolute atomic E-state index is 11.4. The minimum atomic E-state index is -1.43. The molecule has 1 aromatic carbocycles. The highest BCUT2D eigenvalue weighted by molar-refractivity contribution is 5.86. The van der Waals surface area contributed by atoms with Crippen LogP contribution in [0.25, 0.3) is 0 Å². The summed E-state index contributed by atoms with van der Waals surface area (Å²) < 4.78 is 4.60. The lowest BCUT2D eigenvalue weighted by molar-refractivity contribution is -0.127. The summed E-state index contributed by atoms with van der Waals surface area (Å²) >= 11 is 0. The molecule has 2 rings (SSSR count). The van der Waals surface area contributed by atoms with Gasteiger partial charge in [0.1, 0.15) is 0 Å². The zero-order valence-electron chi connectivity index (χ0n) is 8.42. The molecule has 1 fully saturated rings. The number of rotatable bonds is 2. The van der Waals surface area contributed by atoms with Crippen molar-refractivity contribution in [3.63, 3.8) is 0 Å². The number of carboxylic acid groups (broad SMARTS) is 1. The number of carbonyl (C=O) groups is 2. The van der Waals surface area contributed by atoms with E-state index in [1.165, 1.54) is 0 Å². The smallest absolute Gasteiger partial charge is 0.450 e. The Labute approximate surface area is 92.0 Å². The Bertz CT molecular complexity index is 404. The second-order valence-corrected chi connectivity index (χ2v) is 3.57. The zero-order chi connectivity index (χ0) is 11.5. The summed E-state index contributed by atoms with van der Waals surface area (Å²) in [5.74, 6) is -0.624. The molecule has 2 N–H and O–H groups in total. The van der Waals surface area contributed by atoms with E-state index in [4.69, 9.17) is 5.11 Å². The van der Waals surface area contributed by atoms with Crippen molar-refractivity contribution in [2.24, 2.45) is 0 Å². The Kier molecular flexibility index (Phi) is 2.76. The van der Waals surface area contributed by atoms with Gasteiger partial charge in [-0.1, -0.05) is 30.3 Å². The van der Waals surface area contributed by atoms with Crippen molar-refractivity contribution in [1.82, 2.24) is 5.32 Å². The third kappa shape index (κ3) is 1.98. The lowest BCUT2D eigenvalue weighted by Crippen LogP contribution is -2.29. The first-order valence-electron chi connectivity index (χ1n) is 4.90. The molecule has 1 saturated heterocycles. The van der Waals surface area contributed by atoms with Crippen LogP contribution in [0.2, 0.25) is 0 Å². The van der Waals surface area contributed by atoms with Crippen LogP contribution in [0, 0.1) is 0 Å². The first-order valence-corrected chi connectivity index (χ1v) is 4.90. The van der Waals surface area contributed by atoms with Crippen molar-refractivity contribution < 1.29 is 19.4 Å². The van der Waals surface area contributed by atoms with Crippen LogP contribution in [0.15, 0.2) is 30.3 Å². The minimum Gasteiger partial charge on any atom is -0.450 e. The van der Waals surface area contributed by atoms with Gasteiger partial charge in [0.2, 0.25) is 0 Å². The summed E-state index contributed by atoms with van der Waals surface area (Å²) in [6, 6.07) is 9.25. The van der Waals surface area contributed by atoms with E-state index in [0.29, 0.717) is 6.54 Å². The van der Waals surface area contributed by atoms with Gasteiger partial charge in [0.15, 0.2) is 6.10 Å². The van der Waals surface area contributed by atoms with Gasteiger partial charge >= 0.3 is 6.16 Å². The average Bonchev–Trinajstić information content (AvgIpc) is 2.61. The molecular formula is C11H11NO4. The molecule has 84 valence electrons. The fraction of sp³-hybridized carbons (Fsp3) is 0.273. The molecule has 0 radical (unpaired) electrons. The average molecular weight is 221 g/mol. The van der Waals surface area contributed by atoms with E-state index in [-0.39, 0.29) is 11.8 Å². The maximum Gasteiger partial charge on any atom is 0.506 e. The first kappa shape index (κ1) is 10.5. The van der Waals surface area contributed by atoms with Crippen molar-refractivity contribution in [3.05, 3.63) is 35.9 Å². The number of benzene rings is 1. The van der Waals surface area contributed by atoms with Crippen molar-refractivity contribution in [2.75, 3.05) is 6.54 Å². The van der Waals surface area contributed by atoms with E-state index in [1.807, 2.05) is 30.3 Å². The zero-order valence-corrected chi connectivity index (χ0v) is 8.42. The van der Waals surface area contributed by atoms with Crippen LogP contribution >= 0.6 is 0 Å².